The molecule has 0 saturated carbocycles. The molecule has 78 heavy (non-hydrogen) atoms. The Morgan fingerprint density at radius 3 is 0.731 bits per heavy atom. The molecule has 0 radical (unpaired) electrons. The minimum absolute atomic E-state index is 0.273. The van der Waals surface area contributed by atoms with E-state index in [0.717, 1.165) is 70.2 Å². The number of ether oxygens (including phenoxy) is 14. The molecular weight excluding hydrogens is 993 g/mol. The smallest absolute Gasteiger partial charge is 0.161 e. The fourth-order valence-electron chi connectivity index (χ4n) is 8.95. The average molecular weight is 1070 g/mol. The Morgan fingerprint density at radius 1 is 0.295 bits per heavy atom. The quantitative estimate of drug-likeness (QED) is 0.0570. The summed E-state index contributed by atoms with van der Waals surface area (Å²) in [4.78, 5) is 0. The first-order chi connectivity index (χ1) is 38.3. The van der Waals surface area contributed by atoms with Crippen LogP contribution in [0.4, 0.5) is 0 Å². The van der Waals surface area contributed by atoms with Crippen LogP contribution < -0.4 is 56.8 Å². The summed E-state index contributed by atoms with van der Waals surface area (Å²) in [6.45, 7) is 13.0. The van der Waals surface area contributed by atoms with Crippen LogP contribution in [-0.4, -0.2) is 108 Å². The summed E-state index contributed by atoms with van der Waals surface area (Å²) in [7, 11) is 6.64. The highest BCUT2D eigenvalue weighted by molar-refractivity contribution is 5.55. The zero-order chi connectivity index (χ0) is 54.9. The van der Waals surface area contributed by atoms with Crippen molar-refractivity contribution in [1.82, 2.24) is 0 Å². The molecule has 1 aliphatic heterocycles. The summed E-state index contributed by atoms with van der Waals surface area (Å²) in [5.74, 6) is 8.02. The van der Waals surface area contributed by atoms with Crippen molar-refractivity contribution in [2.24, 2.45) is 0 Å². The molecule has 0 spiro atoms. The van der Waals surface area contributed by atoms with Gasteiger partial charge in [-0.3, -0.25) is 0 Å². The van der Waals surface area contributed by atoms with E-state index in [9.17, 15) is 0 Å². The molecule has 0 amide bonds. The van der Waals surface area contributed by atoms with E-state index in [-0.39, 0.29) is 26.4 Å². The lowest BCUT2D eigenvalue weighted by Crippen LogP contribution is -2.16. The largest absolute Gasteiger partial charge is 0.493 e. The molecule has 0 fully saturated rings. The fourth-order valence-corrected chi connectivity index (χ4v) is 8.95. The van der Waals surface area contributed by atoms with Crippen LogP contribution in [0.25, 0.3) is 0 Å². The monoisotopic (exact) mass is 1070 g/mol. The van der Waals surface area contributed by atoms with Crippen LogP contribution in [0.5, 0.6) is 69.0 Å². The predicted octanol–water partition coefficient (Wildman–Crippen LogP) is 12.5. The molecule has 6 aromatic carbocycles. The third-order valence-electron chi connectivity index (χ3n) is 12.8. The molecule has 0 bridgehead atoms. The van der Waals surface area contributed by atoms with Crippen molar-refractivity contribution < 1.29 is 66.3 Å². The van der Waals surface area contributed by atoms with Crippen molar-refractivity contribution >= 4 is 0 Å². The third-order valence-corrected chi connectivity index (χ3v) is 12.8. The summed E-state index contributed by atoms with van der Waals surface area (Å²) >= 11 is 0. The summed E-state index contributed by atoms with van der Waals surface area (Å²) in [6, 6.07) is 32.7. The molecule has 6 aromatic rings. The van der Waals surface area contributed by atoms with Crippen LogP contribution in [0.15, 0.2) is 97.1 Å². The number of methoxy groups -OCH3 is 4. The maximum absolute atomic E-state index is 6.53. The number of benzene rings is 6. The van der Waals surface area contributed by atoms with Crippen molar-refractivity contribution in [2.75, 3.05) is 108 Å². The van der Waals surface area contributed by atoms with E-state index in [1.165, 1.54) is 0 Å². The van der Waals surface area contributed by atoms with Gasteiger partial charge in [-0.1, -0.05) is 52.0 Å². The van der Waals surface area contributed by atoms with E-state index in [0.29, 0.717) is 148 Å². The highest BCUT2D eigenvalue weighted by Crippen LogP contribution is 2.39. The average Bonchev–Trinajstić information content (AvgIpc) is 3.46. The summed E-state index contributed by atoms with van der Waals surface area (Å²) in [6.07, 6.45) is 5.90. The van der Waals surface area contributed by atoms with Gasteiger partial charge in [0.25, 0.3) is 0 Å². The maximum atomic E-state index is 6.53. The van der Waals surface area contributed by atoms with Gasteiger partial charge in [-0.25, -0.2) is 0 Å². The highest BCUT2D eigenvalue weighted by atomic mass is 16.6. The Morgan fingerprint density at radius 2 is 0.526 bits per heavy atom. The normalized spacial score (nSPS) is 13.1. The van der Waals surface area contributed by atoms with Crippen LogP contribution in [0.1, 0.15) is 97.9 Å². The van der Waals surface area contributed by atoms with Gasteiger partial charge in [0.05, 0.1) is 81.3 Å². The topological polar surface area (TPSA) is 129 Å². The Hall–Kier alpha value is -7.16. The van der Waals surface area contributed by atoms with Gasteiger partial charge in [0.15, 0.2) is 69.0 Å². The molecule has 14 nitrogen and oxygen atoms in total. The second-order valence-corrected chi connectivity index (χ2v) is 18.8. The van der Waals surface area contributed by atoms with Crippen LogP contribution in [0, 0.1) is 0 Å². The predicted molar refractivity (Wildman–Crippen MR) is 303 cm³/mol. The molecule has 1 heterocycles. The van der Waals surface area contributed by atoms with Crippen LogP contribution >= 0.6 is 0 Å². The van der Waals surface area contributed by atoms with Gasteiger partial charge in [0.1, 0.15) is 26.4 Å². The van der Waals surface area contributed by atoms with E-state index in [4.69, 9.17) is 66.3 Å². The molecule has 0 aromatic heterocycles. The number of hydrogen-bond acceptors (Lipinski definition) is 14. The molecule has 1 aliphatic rings. The third kappa shape index (κ3) is 16.9. The minimum atomic E-state index is 0.273. The first-order valence-corrected chi connectivity index (χ1v) is 27.5. The maximum Gasteiger partial charge on any atom is 0.161 e. The minimum Gasteiger partial charge on any atom is -0.493 e. The Balaban J connectivity index is 1.15. The van der Waals surface area contributed by atoms with Crippen molar-refractivity contribution in [1.29, 1.82) is 0 Å². The lowest BCUT2D eigenvalue weighted by atomic mass is 9.94. The Kier molecular flexibility index (Phi) is 23.5. The summed E-state index contributed by atoms with van der Waals surface area (Å²) in [5, 5.41) is 0. The summed E-state index contributed by atoms with van der Waals surface area (Å²) in [5.41, 5.74) is 8.50. The standard InChI is InChI=1S/C64H80O14/c1-9-21-71-57-37-45(13-17-53(57)65-5)33-49-41-61-62(42-50(49)34-46-14-18-54(66-6)58(38-46)72-22-10-2)76-30-26-70-28-32-78-64-44-52(36-48-16-20-56(68-8)60(40-48)74-24-12-4)51(43-63(64)77-31-27-69-25-29-75-61)35-47-15-19-55(67-7)59(39-47)73-23-11-3/h13-20,37-44H,9-12,21-36H2,1-8H3. The van der Waals surface area contributed by atoms with Crippen LogP contribution in [0.3, 0.4) is 0 Å². The van der Waals surface area contributed by atoms with Gasteiger partial charge < -0.3 is 66.3 Å². The van der Waals surface area contributed by atoms with Gasteiger partial charge in [-0.15, -0.1) is 0 Å². The molecule has 7 rings (SSSR count). The lowest BCUT2D eigenvalue weighted by Gasteiger charge is -2.20. The van der Waals surface area contributed by atoms with Gasteiger partial charge in [0, 0.05) is 0 Å². The van der Waals surface area contributed by atoms with E-state index in [1.54, 1.807) is 28.4 Å². The number of hydrogen-bond donors (Lipinski definition) is 0. The second kappa shape index (κ2) is 31.3. The van der Waals surface area contributed by atoms with Gasteiger partial charge in [-0.05, 0) is 169 Å². The van der Waals surface area contributed by atoms with E-state index in [2.05, 4.69) is 100 Å². The van der Waals surface area contributed by atoms with Crippen LogP contribution in [-0.2, 0) is 35.2 Å². The van der Waals surface area contributed by atoms with E-state index < -0.39 is 0 Å². The first kappa shape index (κ1) is 58.5. The van der Waals surface area contributed by atoms with Gasteiger partial charge >= 0.3 is 0 Å². The van der Waals surface area contributed by atoms with E-state index >= 15 is 0 Å². The van der Waals surface area contributed by atoms with Crippen LogP contribution in [0.2, 0.25) is 0 Å². The zero-order valence-corrected chi connectivity index (χ0v) is 47.1. The Bertz CT molecular complexity index is 2420. The fraction of sp³-hybridized carbons (Fsp3) is 0.438. The molecule has 420 valence electrons. The number of fused-ring (bicyclic) bond motifs is 2. The molecule has 0 atom stereocenters. The highest BCUT2D eigenvalue weighted by Gasteiger charge is 2.20. The van der Waals surface area contributed by atoms with Crippen molar-refractivity contribution in [3.8, 4) is 69.0 Å². The molecule has 0 aliphatic carbocycles. The van der Waals surface area contributed by atoms with Crippen molar-refractivity contribution in [3.63, 3.8) is 0 Å². The second-order valence-electron chi connectivity index (χ2n) is 18.8. The van der Waals surface area contributed by atoms with Gasteiger partial charge in [0.2, 0.25) is 0 Å². The zero-order valence-electron chi connectivity index (χ0n) is 47.1. The molecule has 0 N–H and O–H groups in total. The van der Waals surface area contributed by atoms with Crippen molar-refractivity contribution in [3.05, 3.63) is 142 Å². The molecule has 14 heteroatoms. The van der Waals surface area contributed by atoms with E-state index in [1.807, 2.05) is 24.3 Å². The molecule has 0 unspecified atom stereocenters. The Labute approximate surface area is 462 Å². The lowest BCUT2D eigenvalue weighted by molar-refractivity contribution is 0.0639. The number of rotatable bonds is 24. The molecular formula is C64H80O14. The summed E-state index contributed by atoms with van der Waals surface area (Å²) < 4.78 is 85.6. The first-order valence-electron chi connectivity index (χ1n) is 27.5. The molecule has 0 saturated heterocycles. The van der Waals surface area contributed by atoms with Crippen molar-refractivity contribution in [2.45, 2.75) is 79.1 Å². The van der Waals surface area contributed by atoms with Gasteiger partial charge in [-0.2, -0.15) is 0 Å². The SMILES string of the molecule is CCCOc1cc(Cc2cc3c(cc2Cc2ccc(OC)c(OCCC)c2)OCCOCCOc2cc(Cc4ccc(OC)c(OCCC)c4)c(Cc4ccc(OC)c(OCCC)c4)cc2OCCOCCO3)ccc1OC.